The summed E-state index contributed by atoms with van der Waals surface area (Å²) in [6, 6.07) is 20.0. The molecule has 0 unspecified atom stereocenters. The van der Waals surface area contributed by atoms with Crippen LogP contribution in [0.1, 0.15) is 33.6 Å². The van der Waals surface area contributed by atoms with Gasteiger partial charge in [-0.15, -0.1) is 10.2 Å². The first kappa shape index (κ1) is 17.2. The molecule has 1 aliphatic heterocycles. The smallest absolute Gasteiger partial charge is 0.272 e. The molecule has 27 heavy (non-hydrogen) atoms. The highest BCUT2D eigenvalue weighted by Crippen LogP contribution is 2.31. The van der Waals surface area contributed by atoms with E-state index in [2.05, 4.69) is 38.6 Å². The normalized spacial score (nSPS) is 13.1. The number of amides is 1. The Morgan fingerprint density at radius 2 is 1.85 bits per heavy atom. The van der Waals surface area contributed by atoms with Crippen LogP contribution in [0.2, 0.25) is 0 Å². The summed E-state index contributed by atoms with van der Waals surface area (Å²) in [5, 5.41) is 11.4. The number of nitrogens with zero attached hydrogens (tertiary/aromatic N) is 3. The summed E-state index contributed by atoms with van der Waals surface area (Å²) in [6.07, 6.45) is 2.16. The lowest BCUT2D eigenvalue weighted by molar-refractivity contribution is 0.0945. The summed E-state index contributed by atoms with van der Waals surface area (Å²) in [5.41, 5.74) is 5.08. The molecule has 1 aromatic heterocycles. The summed E-state index contributed by atoms with van der Waals surface area (Å²) < 4.78 is 0. The number of anilines is 2. The number of hydrogen-bond donors (Lipinski definition) is 1. The van der Waals surface area contributed by atoms with E-state index in [1.54, 1.807) is 6.07 Å². The van der Waals surface area contributed by atoms with Crippen LogP contribution >= 0.6 is 0 Å². The van der Waals surface area contributed by atoms with Gasteiger partial charge in [0.1, 0.15) is 0 Å². The van der Waals surface area contributed by atoms with Crippen LogP contribution in [0.25, 0.3) is 0 Å². The molecule has 0 spiro atoms. The Hall–Kier alpha value is -3.21. The molecule has 0 radical (unpaired) electrons. The van der Waals surface area contributed by atoms with Gasteiger partial charge in [-0.3, -0.25) is 4.79 Å². The molecule has 136 valence electrons. The summed E-state index contributed by atoms with van der Waals surface area (Å²) in [7, 11) is 0. The number of rotatable bonds is 4. The number of nitrogens with one attached hydrogen (secondary N) is 1. The van der Waals surface area contributed by atoms with Gasteiger partial charge < -0.3 is 10.2 Å². The highest BCUT2D eigenvalue weighted by atomic mass is 16.1. The molecule has 1 aliphatic rings. The highest BCUT2D eigenvalue weighted by Gasteiger charge is 2.19. The Kier molecular flexibility index (Phi) is 4.83. The van der Waals surface area contributed by atoms with E-state index in [0.717, 1.165) is 36.3 Å². The third kappa shape index (κ3) is 3.67. The first-order valence-electron chi connectivity index (χ1n) is 9.24. The molecule has 1 N–H and O–H groups in total. The fourth-order valence-corrected chi connectivity index (χ4v) is 3.44. The number of carbonyl (C=O) groups is 1. The van der Waals surface area contributed by atoms with Gasteiger partial charge in [-0.1, -0.05) is 42.5 Å². The molecule has 0 saturated heterocycles. The van der Waals surface area contributed by atoms with Gasteiger partial charge in [-0.2, -0.15) is 0 Å². The zero-order chi connectivity index (χ0) is 18.6. The fourth-order valence-electron chi connectivity index (χ4n) is 3.44. The third-order valence-electron chi connectivity index (χ3n) is 4.97. The van der Waals surface area contributed by atoms with E-state index in [1.165, 1.54) is 11.3 Å². The van der Waals surface area contributed by atoms with Crippen molar-refractivity contribution in [2.24, 2.45) is 0 Å². The number of fused-ring (bicyclic) bond motifs is 1. The predicted molar refractivity (Wildman–Crippen MR) is 106 cm³/mol. The van der Waals surface area contributed by atoms with Gasteiger partial charge in [-0.05, 0) is 54.7 Å². The van der Waals surface area contributed by atoms with Crippen LogP contribution in [-0.2, 0) is 13.0 Å². The largest absolute Gasteiger partial charge is 0.347 e. The average molecular weight is 358 g/mol. The molecule has 4 rings (SSSR count). The van der Waals surface area contributed by atoms with Gasteiger partial charge in [-0.25, -0.2) is 0 Å². The zero-order valence-corrected chi connectivity index (χ0v) is 15.4. The highest BCUT2D eigenvalue weighted by molar-refractivity contribution is 5.92. The van der Waals surface area contributed by atoms with Gasteiger partial charge in [0.25, 0.3) is 5.91 Å². The molecule has 0 aliphatic carbocycles. The van der Waals surface area contributed by atoms with Crippen LogP contribution in [0.5, 0.6) is 0 Å². The standard InChI is InChI=1S/C22H22N4O/c1-16-7-2-3-9-18(16)15-23-22(27)19-12-13-21(25-24-19)26-14-6-10-17-8-4-5-11-20(17)26/h2-5,7-9,11-13H,6,10,14-15H2,1H3,(H,23,27). The molecule has 5 nitrogen and oxygen atoms in total. The van der Waals surface area contributed by atoms with Crippen molar-refractivity contribution in [1.82, 2.24) is 15.5 Å². The number of carbonyl (C=O) groups excluding carboxylic acids is 1. The SMILES string of the molecule is Cc1ccccc1CNC(=O)c1ccc(N2CCCc3ccccc32)nn1. The number of para-hydroxylation sites is 1. The van der Waals surface area contributed by atoms with Crippen molar-refractivity contribution < 1.29 is 4.79 Å². The van der Waals surface area contributed by atoms with E-state index in [4.69, 9.17) is 0 Å². The quantitative estimate of drug-likeness (QED) is 0.771. The first-order valence-corrected chi connectivity index (χ1v) is 9.24. The van der Waals surface area contributed by atoms with Crippen molar-refractivity contribution in [3.05, 3.63) is 83.0 Å². The van der Waals surface area contributed by atoms with Gasteiger partial charge >= 0.3 is 0 Å². The van der Waals surface area contributed by atoms with E-state index in [0.29, 0.717) is 12.2 Å². The Balaban J connectivity index is 1.46. The first-order chi connectivity index (χ1) is 13.2. The number of aryl methyl sites for hydroxylation is 2. The second-order valence-electron chi connectivity index (χ2n) is 6.77. The van der Waals surface area contributed by atoms with Gasteiger partial charge in [0, 0.05) is 18.8 Å². The van der Waals surface area contributed by atoms with E-state index in [1.807, 2.05) is 43.3 Å². The van der Waals surface area contributed by atoms with Crippen molar-refractivity contribution in [2.75, 3.05) is 11.4 Å². The molecule has 2 aromatic carbocycles. The zero-order valence-electron chi connectivity index (χ0n) is 15.4. The summed E-state index contributed by atoms with van der Waals surface area (Å²) >= 11 is 0. The molecule has 3 aromatic rings. The number of hydrogen-bond acceptors (Lipinski definition) is 4. The van der Waals surface area contributed by atoms with Crippen molar-refractivity contribution in [3.63, 3.8) is 0 Å². The topological polar surface area (TPSA) is 58.1 Å². The molecule has 0 fully saturated rings. The minimum atomic E-state index is -0.212. The fraction of sp³-hybridized carbons (Fsp3) is 0.227. The number of benzene rings is 2. The maximum Gasteiger partial charge on any atom is 0.272 e. The van der Waals surface area contributed by atoms with E-state index >= 15 is 0 Å². The molecule has 0 saturated carbocycles. The summed E-state index contributed by atoms with van der Waals surface area (Å²) in [6.45, 7) is 3.42. The lowest BCUT2D eigenvalue weighted by atomic mass is 10.0. The Morgan fingerprint density at radius 1 is 1.04 bits per heavy atom. The molecule has 5 heteroatoms. The average Bonchev–Trinajstić information content (AvgIpc) is 2.73. The molecule has 0 bridgehead atoms. The minimum absolute atomic E-state index is 0.212. The summed E-state index contributed by atoms with van der Waals surface area (Å²) in [5.74, 6) is 0.564. The Bertz CT molecular complexity index is 953. The molecular weight excluding hydrogens is 336 g/mol. The maximum atomic E-state index is 12.4. The number of aromatic nitrogens is 2. The Morgan fingerprint density at radius 3 is 2.67 bits per heavy atom. The van der Waals surface area contributed by atoms with Crippen LogP contribution in [0.15, 0.2) is 60.7 Å². The van der Waals surface area contributed by atoms with Crippen molar-refractivity contribution in [3.8, 4) is 0 Å². The van der Waals surface area contributed by atoms with E-state index in [-0.39, 0.29) is 5.91 Å². The minimum Gasteiger partial charge on any atom is -0.347 e. The van der Waals surface area contributed by atoms with Crippen LogP contribution in [0, 0.1) is 6.92 Å². The van der Waals surface area contributed by atoms with Crippen LogP contribution in [0.3, 0.4) is 0 Å². The lowest BCUT2D eigenvalue weighted by Gasteiger charge is -2.29. The van der Waals surface area contributed by atoms with Crippen LogP contribution in [-0.4, -0.2) is 22.6 Å². The monoisotopic (exact) mass is 358 g/mol. The summed E-state index contributed by atoms with van der Waals surface area (Å²) in [4.78, 5) is 14.6. The molecule has 2 heterocycles. The third-order valence-corrected chi connectivity index (χ3v) is 4.97. The van der Waals surface area contributed by atoms with E-state index < -0.39 is 0 Å². The second kappa shape index (κ2) is 7.58. The Labute approximate surface area is 159 Å². The van der Waals surface area contributed by atoms with Gasteiger partial charge in [0.15, 0.2) is 11.5 Å². The predicted octanol–water partition coefficient (Wildman–Crippen LogP) is 3.80. The van der Waals surface area contributed by atoms with Crippen molar-refractivity contribution in [1.29, 1.82) is 0 Å². The lowest BCUT2D eigenvalue weighted by Crippen LogP contribution is -2.27. The van der Waals surface area contributed by atoms with Gasteiger partial charge in [0.2, 0.25) is 0 Å². The maximum absolute atomic E-state index is 12.4. The van der Waals surface area contributed by atoms with Crippen molar-refractivity contribution >= 4 is 17.4 Å². The molecule has 1 amide bonds. The van der Waals surface area contributed by atoms with Gasteiger partial charge in [0.05, 0.1) is 0 Å². The van der Waals surface area contributed by atoms with E-state index in [9.17, 15) is 4.79 Å². The second-order valence-corrected chi connectivity index (χ2v) is 6.77. The van der Waals surface area contributed by atoms with Crippen LogP contribution in [0.4, 0.5) is 11.5 Å². The molecular formula is C22H22N4O. The van der Waals surface area contributed by atoms with Crippen LogP contribution < -0.4 is 10.2 Å². The molecule has 0 atom stereocenters. The van der Waals surface area contributed by atoms with Crippen molar-refractivity contribution in [2.45, 2.75) is 26.3 Å².